The van der Waals surface area contributed by atoms with Crippen molar-refractivity contribution in [1.29, 1.82) is 0 Å². The summed E-state index contributed by atoms with van der Waals surface area (Å²) in [6, 6.07) is 0. The van der Waals surface area contributed by atoms with Gasteiger partial charge in [0.25, 0.3) is 6.43 Å². The van der Waals surface area contributed by atoms with E-state index in [0.717, 1.165) is 19.3 Å². The van der Waals surface area contributed by atoms with E-state index in [1.165, 1.54) is 0 Å². The van der Waals surface area contributed by atoms with Crippen LogP contribution in [0.25, 0.3) is 0 Å². The third-order valence-corrected chi connectivity index (χ3v) is 2.99. The average Bonchev–Trinajstić information content (AvgIpc) is 2.92. The SMILES string of the molecule is OC1CCCC1c1nc(CCOCC(F)F)no1. The number of alkyl halides is 2. The molecule has 1 aromatic rings. The first-order valence-electron chi connectivity index (χ1n) is 6.03. The maximum Gasteiger partial charge on any atom is 0.261 e. The molecule has 2 unspecified atom stereocenters. The van der Waals surface area contributed by atoms with E-state index < -0.39 is 19.1 Å². The molecule has 7 heteroatoms. The van der Waals surface area contributed by atoms with Gasteiger partial charge in [-0.1, -0.05) is 5.16 Å². The van der Waals surface area contributed by atoms with Gasteiger partial charge < -0.3 is 14.4 Å². The molecule has 2 atom stereocenters. The largest absolute Gasteiger partial charge is 0.392 e. The summed E-state index contributed by atoms with van der Waals surface area (Å²) in [6.07, 6.45) is -0.0159. The number of ether oxygens (including phenoxy) is 1. The standard InChI is InChI=1S/C11H16F2N2O3/c12-9(13)6-17-5-4-10-14-11(18-15-10)7-2-1-3-8(7)16/h7-9,16H,1-6H2. The van der Waals surface area contributed by atoms with E-state index in [-0.39, 0.29) is 12.5 Å². The van der Waals surface area contributed by atoms with Crippen LogP contribution in [0.15, 0.2) is 4.52 Å². The number of rotatable bonds is 6. The second-order valence-electron chi connectivity index (χ2n) is 4.37. The smallest absolute Gasteiger partial charge is 0.261 e. The maximum absolute atomic E-state index is 11.8. The second-order valence-corrected chi connectivity index (χ2v) is 4.37. The van der Waals surface area contributed by atoms with Crippen LogP contribution in [0.4, 0.5) is 8.78 Å². The zero-order valence-electron chi connectivity index (χ0n) is 9.89. The van der Waals surface area contributed by atoms with Gasteiger partial charge in [0, 0.05) is 6.42 Å². The van der Waals surface area contributed by atoms with Gasteiger partial charge in [-0.05, 0) is 19.3 Å². The number of halogens is 2. The second kappa shape index (κ2) is 6.19. The third kappa shape index (κ3) is 3.46. The van der Waals surface area contributed by atoms with Crippen molar-refractivity contribution in [1.82, 2.24) is 10.1 Å². The van der Waals surface area contributed by atoms with Crippen LogP contribution in [0.3, 0.4) is 0 Å². The Hall–Kier alpha value is -1.08. The van der Waals surface area contributed by atoms with Crippen molar-refractivity contribution in [3.05, 3.63) is 11.7 Å². The lowest BCUT2D eigenvalue weighted by atomic mass is 10.1. The molecule has 1 N–H and O–H groups in total. The Bertz CT molecular complexity index is 373. The summed E-state index contributed by atoms with van der Waals surface area (Å²) in [6.45, 7) is -0.442. The Balaban J connectivity index is 1.79. The summed E-state index contributed by atoms with van der Waals surface area (Å²) >= 11 is 0. The van der Waals surface area contributed by atoms with Crippen molar-refractivity contribution in [3.8, 4) is 0 Å². The molecule has 102 valence electrons. The fourth-order valence-electron chi connectivity index (χ4n) is 2.08. The molecule has 1 fully saturated rings. The number of hydrogen-bond acceptors (Lipinski definition) is 5. The van der Waals surface area contributed by atoms with Crippen molar-refractivity contribution in [3.63, 3.8) is 0 Å². The Labute approximate surface area is 103 Å². The van der Waals surface area contributed by atoms with Crippen LogP contribution in [0.5, 0.6) is 0 Å². The van der Waals surface area contributed by atoms with Gasteiger partial charge in [0.1, 0.15) is 6.61 Å². The van der Waals surface area contributed by atoms with Crippen molar-refractivity contribution < 1.29 is 23.1 Å². The van der Waals surface area contributed by atoms with Gasteiger partial charge in [-0.2, -0.15) is 4.98 Å². The summed E-state index contributed by atoms with van der Waals surface area (Å²) in [5, 5.41) is 13.4. The van der Waals surface area contributed by atoms with E-state index in [0.29, 0.717) is 18.1 Å². The molecule has 0 bridgehead atoms. The minimum absolute atomic E-state index is 0.0896. The van der Waals surface area contributed by atoms with Gasteiger partial charge in [0.15, 0.2) is 5.82 Å². The molecule has 1 aliphatic rings. The van der Waals surface area contributed by atoms with E-state index in [9.17, 15) is 13.9 Å². The van der Waals surface area contributed by atoms with Crippen molar-refractivity contribution in [2.24, 2.45) is 0 Å². The number of aliphatic hydroxyl groups excluding tert-OH is 1. The molecule has 1 saturated carbocycles. The highest BCUT2D eigenvalue weighted by Gasteiger charge is 2.31. The Morgan fingerprint density at radius 2 is 2.28 bits per heavy atom. The van der Waals surface area contributed by atoms with Crippen molar-refractivity contribution >= 4 is 0 Å². The van der Waals surface area contributed by atoms with E-state index in [1.807, 2.05) is 0 Å². The molecule has 1 aliphatic carbocycles. The summed E-state index contributed by atoms with van der Waals surface area (Å²) < 4.78 is 33.4. The highest BCUT2D eigenvalue weighted by Crippen LogP contribution is 2.33. The van der Waals surface area contributed by atoms with Crippen LogP contribution in [0.2, 0.25) is 0 Å². The Morgan fingerprint density at radius 3 is 2.94 bits per heavy atom. The van der Waals surface area contributed by atoms with Crippen molar-refractivity contribution in [2.45, 2.75) is 44.1 Å². The number of aromatic nitrogens is 2. The maximum atomic E-state index is 11.8. The number of nitrogens with zero attached hydrogens (tertiary/aromatic N) is 2. The van der Waals surface area contributed by atoms with Crippen LogP contribution < -0.4 is 0 Å². The molecule has 0 spiro atoms. The predicted molar refractivity (Wildman–Crippen MR) is 57.4 cm³/mol. The minimum atomic E-state index is -2.46. The average molecular weight is 262 g/mol. The first-order valence-corrected chi connectivity index (χ1v) is 6.03. The lowest BCUT2D eigenvalue weighted by Crippen LogP contribution is -2.11. The number of aliphatic hydroxyl groups is 1. The predicted octanol–water partition coefficient (Wildman–Crippen LogP) is 1.52. The van der Waals surface area contributed by atoms with Gasteiger partial charge in [0.2, 0.25) is 5.89 Å². The zero-order chi connectivity index (χ0) is 13.0. The molecule has 0 radical (unpaired) electrons. The Morgan fingerprint density at radius 1 is 1.44 bits per heavy atom. The van der Waals surface area contributed by atoms with Crippen molar-refractivity contribution in [2.75, 3.05) is 13.2 Å². The quantitative estimate of drug-likeness (QED) is 0.787. The monoisotopic (exact) mass is 262 g/mol. The summed E-state index contributed by atoms with van der Waals surface area (Å²) in [5.41, 5.74) is 0. The fourth-order valence-corrected chi connectivity index (χ4v) is 2.08. The molecule has 0 amide bonds. The highest BCUT2D eigenvalue weighted by molar-refractivity contribution is 5.00. The molecule has 5 nitrogen and oxygen atoms in total. The lowest BCUT2D eigenvalue weighted by molar-refractivity contribution is 0.0182. The summed E-state index contributed by atoms with van der Waals surface area (Å²) in [4.78, 5) is 4.15. The van der Waals surface area contributed by atoms with Gasteiger partial charge in [-0.25, -0.2) is 8.78 Å². The topological polar surface area (TPSA) is 68.4 Å². The van der Waals surface area contributed by atoms with Crippen LogP contribution >= 0.6 is 0 Å². The van der Waals surface area contributed by atoms with E-state index >= 15 is 0 Å². The summed E-state index contributed by atoms with van der Waals surface area (Å²) in [7, 11) is 0. The van der Waals surface area contributed by atoms with Crippen LogP contribution in [-0.2, 0) is 11.2 Å². The normalized spacial score (nSPS) is 24.0. The molecule has 2 rings (SSSR count). The van der Waals surface area contributed by atoms with Crippen LogP contribution in [0.1, 0.15) is 36.9 Å². The zero-order valence-corrected chi connectivity index (χ0v) is 9.89. The molecular weight excluding hydrogens is 246 g/mol. The van der Waals surface area contributed by atoms with Crippen LogP contribution in [0, 0.1) is 0 Å². The first-order chi connectivity index (χ1) is 8.66. The molecule has 1 heterocycles. The fraction of sp³-hybridized carbons (Fsp3) is 0.818. The Kier molecular flexibility index (Phi) is 4.60. The van der Waals surface area contributed by atoms with E-state index in [4.69, 9.17) is 9.26 Å². The molecule has 0 aromatic carbocycles. The van der Waals surface area contributed by atoms with Gasteiger partial charge >= 0.3 is 0 Å². The minimum Gasteiger partial charge on any atom is -0.392 e. The molecule has 1 aromatic heterocycles. The van der Waals surface area contributed by atoms with Gasteiger partial charge in [0.05, 0.1) is 18.6 Å². The van der Waals surface area contributed by atoms with Gasteiger partial charge in [-0.3, -0.25) is 0 Å². The molecule has 0 saturated heterocycles. The highest BCUT2D eigenvalue weighted by atomic mass is 19.3. The molecule has 0 aliphatic heterocycles. The third-order valence-electron chi connectivity index (χ3n) is 2.99. The first kappa shape index (κ1) is 13.4. The number of hydrogen-bond donors (Lipinski definition) is 1. The van der Waals surface area contributed by atoms with E-state index in [2.05, 4.69) is 10.1 Å². The molecule has 18 heavy (non-hydrogen) atoms. The van der Waals surface area contributed by atoms with E-state index in [1.54, 1.807) is 0 Å². The van der Waals surface area contributed by atoms with Crippen LogP contribution in [-0.4, -0.2) is 41.0 Å². The van der Waals surface area contributed by atoms with Gasteiger partial charge in [-0.15, -0.1) is 0 Å². The molecular formula is C11H16F2N2O3. The summed E-state index contributed by atoms with van der Waals surface area (Å²) in [5.74, 6) is 0.774. The lowest BCUT2D eigenvalue weighted by Gasteiger charge is -2.07.